The second kappa shape index (κ2) is 5.07. The molecule has 0 N–H and O–H groups in total. The van der Waals surface area contributed by atoms with Crippen LogP contribution in [0.1, 0.15) is 62.6 Å². The van der Waals surface area contributed by atoms with Gasteiger partial charge in [0.25, 0.3) is 0 Å². The van der Waals surface area contributed by atoms with Crippen LogP contribution in [-0.2, 0) is 12.0 Å². The van der Waals surface area contributed by atoms with E-state index < -0.39 is 0 Å². The minimum Gasteiger partial charge on any atom is -0.493 e. The molecule has 0 saturated heterocycles. The zero-order chi connectivity index (χ0) is 14.3. The molecule has 0 bridgehead atoms. The number of likely N-dealkylation sites (N-methyl/N-ethyl adjacent to an activating group) is 1. The van der Waals surface area contributed by atoms with Crippen molar-refractivity contribution < 1.29 is 4.74 Å². The van der Waals surface area contributed by atoms with Crippen LogP contribution < -0.4 is 4.74 Å². The molecule has 2 nitrogen and oxygen atoms in total. The summed E-state index contributed by atoms with van der Waals surface area (Å²) in [4.78, 5) is 2.46. The van der Waals surface area contributed by atoms with Crippen LogP contribution in [-0.4, -0.2) is 25.1 Å². The van der Waals surface area contributed by atoms with Crippen LogP contribution in [0.25, 0.3) is 0 Å². The zero-order valence-corrected chi connectivity index (χ0v) is 13.3. The summed E-state index contributed by atoms with van der Waals surface area (Å²) in [6, 6.07) is 4.73. The summed E-state index contributed by atoms with van der Waals surface area (Å²) in [5.41, 5.74) is 4.59. The minimum absolute atomic E-state index is 0.183. The number of rotatable bonds is 0. The van der Waals surface area contributed by atoms with E-state index in [-0.39, 0.29) is 5.41 Å². The lowest BCUT2D eigenvalue weighted by molar-refractivity contribution is 0.237. The molecule has 0 aliphatic carbocycles. The van der Waals surface area contributed by atoms with Crippen LogP contribution in [0, 0.1) is 0 Å². The average molecular weight is 273 g/mol. The average Bonchev–Trinajstić information content (AvgIpc) is 2.32. The van der Waals surface area contributed by atoms with Gasteiger partial charge in [-0.05, 0) is 48.9 Å². The van der Waals surface area contributed by atoms with Crippen LogP contribution in [0.5, 0.6) is 5.75 Å². The van der Waals surface area contributed by atoms with E-state index in [0.717, 1.165) is 13.2 Å². The second-order valence-corrected chi connectivity index (χ2v) is 7.54. The van der Waals surface area contributed by atoms with Crippen molar-refractivity contribution in [2.75, 3.05) is 20.2 Å². The number of hydrogen-bond acceptors (Lipinski definition) is 2. The highest BCUT2D eigenvalue weighted by Crippen LogP contribution is 2.41. The van der Waals surface area contributed by atoms with E-state index in [1.807, 2.05) is 0 Å². The smallest absolute Gasteiger partial charge is 0.123 e. The number of benzene rings is 1. The van der Waals surface area contributed by atoms with E-state index >= 15 is 0 Å². The summed E-state index contributed by atoms with van der Waals surface area (Å²) in [5, 5.41) is 0. The number of hydrogen-bond donors (Lipinski definition) is 0. The Bertz CT molecular complexity index is 484. The molecule has 1 aromatic carbocycles. The van der Waals surface area contributed by atoms with Gasteiger partial charge in [0, 0.05) is 24.6 Å². The fourth-order valence-electron chi connectivity index (χ4n) is 3.56. The van der Waals surface area contributed by atoms with Gasteiger partial charge in [-0.15, -0.1) is 0 Å². The molecule has 1 unspecified atom stereocenters. The van der Waals surface area contributed by atoms with Gasteiger partial charge in [-0.1, -0.05) is 26.8 Å². The largest absolute Gasteiger partial charge is 0.493 e. The van der Waals surface area contributed by atoms with Gasteiger partial charge in [0.15, 0.2) is 0 Å². The summed E-state index contributed by atoms with van der Waals surface area (Å²) >= 11 is 0. The molecule has 2 aliphatic heterocycles. The van der Waals surface area contributed by atoms with Crippen molar-refractivity contribution in [2.24, 2.45) is 0 Å². The fourth-order valence-corrected chi connectivity index (χ4v) is 3.56. The first-order chi connectivity index (χ1) is 9.45. The van der Waals surface area contributed by atoms with E-state index in [2.05, 4.69) is 44.9 Å². The molecule has 0 amide bonds. The van der Waals surface area contributed by atoms with Gasteiger partial charge in [0.05, 0.1) is 6.61 Å². The first-order valence-electron chi connectivity index (χ1n) is 7.94. The molecule has 2 heterocycles. The molecule has 0 aromatic heterocycles. The van der Waals surface area contributed by atoms with Crippen molar-refractivity contribution >= 4 is 0 Å². The summed E-state index contributed by atoms with van der Waals surface area (Å²) in [6.45, 7) is 9.98. The molecule has 0 fully saturated rings. The quantitative estimate of drug-likeness (QED) is 0.706. The highest BCUT2D eigenvalue weighted by molar-refractivity contribution is 5.49. The van der Waals surface area contributed by atoms with Crippen LogP contribution in [0.3, 0.4) is 0 Å². The lowest BCUT2D eigenvalue weighted by atomic mass is 9.79. The van der Waals surface area contributed by atoms with Crippen molar-refractivity contribution in [1.82, 2.24) is 4.90 Å². The Morgan fingerprint density at radius 3 is 2.75 bits per heavy atom. The summed E-state index contributed by atoms with van der Waals surface area (Å²) in [5.74, 6) is 1.83. The highest BCUT2D eigenvalue weighted by atomic mass is 16.5. The molecular weight excluding hydrogens is 246 g/mol. The van der Waals surface area contributed by atoms with E-state index in [1.54, 1.807) is 0 Å². The molecule has 110 valence electrons. The van der Waals surface area contributed by atoms with E-state index in [9.17, 15) is 0 Å². The third kappa shape index (κ3) is 2.58. The Hall–Kier alpha value is -1.02. The van der Waals surface area contributed by atoms with E-state index in [4.69, 9.17) is 4.74 Å². The molecule has 3 rings (SSSR count). The third-order valence-corrected chi connectivity index (χ3v) is 4.68. The molecule has 0 radical (unpaired) electrons. The predicted molar refractivity (Wildman–Crippen MR) is 83.6 cm³/mol. The van der Waals surface area contributed by atoms with Crippen LogP contribution >= 0.6 is 0 Å². The molecule has 0 spiro atoms. The van der Waals surface area contributed by atoms with Crippen molar-refractivity contribution in [1.29, 1.82) is 0 Å². The van der Waals surface area contributed by atoms with Crippen molar-refractivity contribution in [3.05, 3.63) is 28.8 Å². The topological polar surface area (TPSA) is 12.5 Å². The molecule has 0 saturated carbocycles. The van der Waals surface area contributed by atoms with E-state index in [1.165, 1.54) is 48.2 Å². The van der Waals surface area contributed by atoms with Crippen LogP contribution in [0.4, 0.5) is 0 Å². The van der Waals surface area contributed by atoms with Gasteiger partial charge in [-0.2, -0.15) is 0 Å². The van der Waals surface area contributed by atoms with Crippen molar-refractivity contribution in [3.63, 3.8) is 0 Å². The monoisotopic (exact) mass is 273 g/mol. The summed E-state index contributed by atoms with van der Waals surface area (Å²) < 4.78 is 6.13. The summed E-state index contributed by atoms with van der Waals surface area (Å²) in [7, 11) is 2.24. The first-order valence-corrected chi connectivity index (χ1v) is 7.94. The first kappa shape index (κ1) is 13.9. The normalized spacial score (nSPS) is 23.5. The summed E-state index contributed by atoms with van der Waals surface area (Å²) in [6.07, 6.45) is 3.79. The maximum absolute atomic E-state index is 6.13. The van der Waals surface area contributed by atoms with Gasteiger partial charge >= 0.3 is 0 Å². The van der Waals surface area contributed by atoms with Crippen molar-refractivity contribution in [3.8, 4) is 5.75 Å². The molecule has 1 aromatic rings. The minimum atomic E-state index is 0.183. The SMILES string of the molecule is CN1Cc2cc(C(C)(C)C)cc3c2C(CCCCO3)C1. The second-order valence-electron chi connectivity index (χ2n) is 7.54. The molecule has 20 heavy (non-hydrogen) atoms. The molecular formula is C18H27NO. The van der Waals surface area contributed by atoms with Gasteiger partial charge in [0.2, 0.25) is 0 Å². The number of ether oxygens (including phenoxy) is 1. The third-order valence-electron chi connectivity index (χ3n) is 4.68. The maximum atomic E-state index is 6.13. The van der Waals surface area contributed by atoms with E-state index in [0.29, 0.717) is 5.92 Å². The van der Waals surface area contributed by atoms with Crippen molar-refractivity contribution in [2.45, 2.75) is 57.9 Å². The zero-order valence-electron chi connectivity index (χ0n) is 13.3. The van der Waals surface area contributed by atoms with Gasteiger partial charge < -0.3 is 9.64 Å². The Labute approximate surface area is 123 Å². The Kier molecular flexibility index (Phi) is 3.53. The molecule has 2 aliphatic rings. The van der Waals surface area contributed by atoms with Gasteiger partial charge in [-0.3, -0.25) is 0 Å². The lowest BCUT2D eigenvalue weighted by Crippen LogP contribution is -2.32. The number of nitrogens with zero attached hydrogens (tertiary/aromatic N) is 1. The fraction of sp³-hybridized carbons (Fsp3) is 0.667. The standard InChI is InChI=1S/C18H27NO/c1-18(2,3)15-9-14-12-19(4)11-13-7-5-6-8-20-16(10-15)17(13)14/h9-10,13H,5-8,11-12H2,1-4H3. The lowest BCUT2D eigenvalue weighted by Gasteiger charge is -2.36. The predicted octanol–water partition coefficient (Wildman–Crippen LogP) is 4.08. The van der Waals surface area contributed by atoms with Gasteiger partial charge in [0.1, 0.15) is 5.75 Å². The molecule has 1 atom stereocenters. The Morgan fingerprint density at radius 2 is 2.00 bits per heavy atom. The Morgan fingerprint density at radius 1 is 1.20 bits per heavy atom. The highest BCUT2D eigenvalue weighted by Gasteiger charge is 2.29. The maximum Gasteiger partial charge on any atom is 0.123 e. The van der Waals surface area contributed by atoms with Crippen LogP contribution in [0.2, 0.25) is 0 Å². The molecule has 2 heteroatoms. The van der Waals surface area contributed by atoms with Gasteiger partial charge in [-0.25, -0.2) is 0 Å². The van der Waals surface area contributed by atoms with Crippen LogP contribution in [0.15, 0.2) is 12.1 Å². The Balaban J connectivity index is 2.12.